The van der Waals surface area contributed by atoms with Crippen molar-refractivity contribution in [2.75, 3.05) is 6.61 Å². The summed E-state index contributed by atoms with van der Waals surface area (Å²) in [6.07, 6.45) is 6.60. The van der Waals surface area contributed by atoms with Crippen LogP contribution in [0.15, 0.2) is 30.7 Å². The lowest BCUT2D eigenvalue weighted by Gasteiger charge is -2.16. The van der Waals surface area contributed by atoms with E-state index in [1.165, 1.54) is 11.1 Å². The molecule has 0 bridgehead atoms. The van der Waals surface area contributed by atoms with Gasteiger partial charge in [0.1, 0.15) is 5.75 Å². The molecule has 1 aliphatic heterocycles. The van der Waals surface area contributed by atoms with Crippen molar-refractivity contribution in [2.24, 2.45) is 12.9 Å². The fraction of sp³-hybridized carbons (Fsp3) is 0.400. The Balaban J connectivity index is 1.68. The van der Waals surface area contributed by atoms with Crippen LogP contribution in [0.2, 0.25) is 0 Å². The van der Waals surface area contributed by atoms with Gasteiger partial charge in [-0.2, -0.15) is 0 Å². The second-order valence-electron chi connectivity index (χ2n) is 5.23. The molecule has 0 spiro atoms. The summed E-state index contributed by atoms with van der Waals surface area (Å²) < 4.78 is 7.53. The minimum atomic E-state index is 0.118. The molecular formula is C15H20N4O. The van der Waals surface area contributed by atoms with Crippen molar-refractivity contribution in [3.63, 3.8) is 0 Å². The smallest absolute Gasteiger partial charge is 0.122 e. The maximum absolute atomic E-state index is 5.68. The van der Waals surface area contributed by atoms with Crippen LogP contribution in [0.1, 0.15) is 29.3 Å². The summed E-state index contributed by atoms with van der Waals surface area (Å²) in [7, 11) is 1.99. The van der Waals surface area contributed by atoms with Crippen LogP contribution in [0, 0.1) is 0 Å². The Labute approximate surface area is 118 Å². The van der Waals surface area contributed by atoms with Gasteiger partial charge in [0.15, 0.2) is 0 Å². The molecule has 0 fully saturated rings. The second-order valence-corrected chi connectivity index (χ2v) is 5.23. The lowest BCUT2D eigenvalue weighted by molar-refractivity contribution is 0.357. The first-order chi connectivity index (χ1) is 9.78. The number of imidazole rings is 1. The highest BCUT2D eigenvalue weighted by molar-refractivity contribution is 5.39. The Morgan fingerprint density at radius 2 is 2.40 bits per heavy atom. The molecule has 2 heterocycles. The third kappa shape index (κ3) is 2.55. The van der Waals surface area contributed by atoms with Crippen molar-refractivity contribution in [3.05, 3.63) is 47.5 Å². The lowest BCUT2D eigenvalue weighted by atomic mass is 10.0. The van der Waals surface area contributed by atoms with E-state index in [2.05, 4.69) is 28.6 Å². The largest absolute Gasteiger partial charge is 0.493 e. The summed E-state index contributed by atoms with van der Waals surface area (Å²) in [6.45, 7) is 0.806. The van der Waals surface area contributed by atoms with E-state index >= 15 is 0 Å². The standard InChI is InChI=1S/C15H20N4O/c1-19-10-17-9-14(19)13(18-16)4-2-11-3-5-15-12(8-11)6-7-20-15/h3,5,8-10,13,18H,2,4,6-7,16H2,1H3. The monoisotopic (exact) mass is 272 g/mol. The molecule has 1 aromatic carbocycles. The molecule has 0 saturated carbocycles. The van der Waals surface area contributed by atoms with Gasteiger partial charge in [0.05, 0.1) is 24.7 Å². The number of benzene rings is 1. The molecular weight excluding hydrogens is 252 g/mol. The first kappa shape index (κ1) is 13.1. The summed E-state index contributed by atoms with van der Waals surface area (Å²) in [5.74, 6) is 6.71. The SMILES string of the molecule is Cn1cncc1C(CCc1ccc2c(c1)CCO2)NN. The van der Waals surface area contributed by atoms with Crippen molar-refractivity contribution >= 4 is 0 Å². The highest BCUT2D eigenvalue weighted by atomic mass is 16.5. The van der Waals surface area contributed by atoms with Crippen LogP contribution in [0.25, 0.3) is 0 Å². The number of ether oxygens (including phenoxy) is 1. The Hall–Kier alpha value is -1.85. The van der Waals surface area contributed by atoms with E-state index in [9.17, 15) is 0 Å². The second kappa shape index (κ2) is 5.64. The quantitative estimate of drug-likeness (QED) is 0.639. The minimum Gasteiger partial charge on any atom is -0.493 e. The molecule has 5 heteroatoms. The van der Waals surface area contributed by atoms with Crippen LogP contribution in [0.5, 0.6) is 5.75 Å². The zero-order valence-corrected chi connectivity index (χ0v) is 11.7. The predicted molar refractivity (Wildman–Crippen MR) is 77.2 cm³/mol. The van der Waals surface area contributed by atoms with Gasteiger partial charge >= 0.3 is 0 Å². The van der Waals surface area contributed by atoms with Crippen LogP contribution in [0.4, 0.5) is 0 Å². The van der Waals surface area contributed by atoms with Crippen LogP contribution in [-0.2, 0) is 19.9 Å². The molecule has 5 nitrogen and oxygen atoms in total. The summed E-state index contributed by atoms with van der Waals surface area (Å²) >= 11 is 0. The molecule has 1 aliphatic rings. The van der Waals surface area contributed by atoms with Crippen LogP contribution < -0.4 is 16.0 Å². The zero-order valence-electron chi connectivity index (χ0n) is 11.7. The molecule has 0 radical (unpaired) electrons. The summed E-state index contributed by atoms with van der Waals surface area (Å²) in [5.41, 5.74) is 6.64. The average Bonchev–Trinajstić information content (AvgIpc) is 3.08. The summed E-state index contributed by atoms with van der Waals surface area (Å²) in [5, 5.41) is 0. The minimum absolute atomic E-state index is 0.118. The molecule has 2 aromatic rings. The topological polar surface area (TPSA) is 65.1 Å². The number of nitrogens with one attached hydrogen (secondary N) is 1. The Morgan fingerprint density at radius 3 is 3.15 bits per heavy atom. The number of hydrazine groups is 1. The van der Waals surface area contributed by atoms with Gasteiger partial charge in [0.25, 0.3) is 0 Å². The number of aryl methyl sites for hydroxylation is 2. The van der Waals surface area contributed by atoms with E-state index in [0.29, 0.717) is 0 Å². The molecule has 1 unspecified atom stereocenters. The number of rotatable bonds is 5. The maximum atomic E-state index is 5.68. The van der Waals surface area contributed by atoms with Crippen molar-refractivity contribution in [1.82, 2.24) is 15.0 Å². The van der Waals surface area contributed by atoms with E-state index < -0.39 is 0 Å². The van der Waals surface area contributed by atoms with Crippen molar-refractivity contribution < 1.29 is 4.74 Å². The van der Waals surface area contributed by atoms with Crippen LogP contribution >= 0.6 is 0 Å². The number of fused-ring (bicyclic) bond motifs is 1. The normalized spacial score (nSPS) is 14.9. The van der Waals surface area contributed by atoms with Gasteiger partial charge < -0.3 is 9.30 Å². The number of aromatic nitrogens is 2. The third-order valence-corrected chi connectivity index (χ3v) is 3.89. The highest BCUT2D eigenvalue weighted by Gasteiger charge is 2.15. The molecule has 1 atom stereocenters. The number of nitrogens with zero attached hydrogens (tertiary/aromatic N) is 2. The highest BCUT2D eigenvalue weighted by Crippen LogP contribution is 2.27. The fourth-order valence-electron chi connectivity index (χ4n) is 2.73. The lowest BCUT2D eigenvalue weighted by Crippen LogP contribution is -2.29. The van der Waals surface area contributed by atoms with Crippen molar-refractivity contribution in [3.8, 4) is 5.75 Å². The maximum Gasteiger partial charge on any atom is 0.122 e. The van der Waals surface area contributed by atoms with E-state index in [1.54, 1.807) is 6.33 Å². The van der Waals surface area contributed by atoms with E-state index in [1.807, 2.05) is 17.8 Å². The van der Waals surface area contributed by atoms with Gasteiger partial charge in [0.2, 0.25) is 0 Å². The van der Waals surface area contributed by atoms with Gasteiger partial charge in [-0.05, 0) is 30.0 Å². The third-order valence-electron chi connectivity index (χ3n) is 3.89. The molecule has 0 aliphatic carbocycles. The average molecular weight is 272 g/mol. The van der Waals surface area contributed by atoms with E-state index in [-0.39, 0.29) is 6.04 Å². The van der Waals surface area contributed by atoms with Crippen molar-refractivity contribution in [1.29, 1.82) is 0 Å². The molecule has 106 valence electrons. The first-order valence-electron chi connectivity index (χ1n) is 6.95. The zero-order chi connectivity index (χ0) is 13.9. The van der Waals surface area contributed by atoms with E-state index in [0.717, 1.165) is 37.3 Å². The van der Waals surface area contributed by atoms with Crippen LogP contribution in [0.3, 0.4) is 0 Å². The molecule has 20 heavy (non-hydrogen) atoms. The molecule has 0 amide bonds. The number of hydrogen-bond acceptors (Lipinski definition) is 4. The molecule has 0 saturated heterocycles. The van der Waals surface area contributed by atoms with Gasteiger partial charge in [-0.15, -0.1) is 0 Å². The molecule has 3 rings (SSSR count). The summed E-state index contributed by atoms with van der Waals surface area (Å²) in [6, 6.07) is 6.58. The Morgan fingerprint density at radius 1 is 1.50 bits per heavy atom. The van der Waals surface area contributed by atoms with Crippen LogP contribution in [-0.4, -0.2) is 16.2 Å². The van der Waals surface area contributed by atoms with Gasteiger partial charge in [-0.3, -0.25) is 11.3 Å². The van der Waals surface area contributed by atoms with E-state index in [4.69, 9.17) is 10.6 Å². The van der Waals surface area contributed by atoms with Gasteiger partial charge in [0, 0.05) is 19.7 Å². The summed E-state index contributed by atoms with van der Waals surface area (Å²) in [4.78, 5) is 4.14. The number of nitrogens with two attached hydrogens (primary N) is 1. The van der Waals surface area contributed by atoms with Crippen molar-refractivity contribution in [2.45, 2.75) is 25.3 Å². The molecule has 3 N–H and O–H groups in total. The Bertz CT molecular complexity index is 593. The van der Waals surface area contributed by atoms with Gasteiger partial charge in [-0.25, -0.2) is 4.98 Å². The van der Waals surface area contributed by atoms with Gasteiger partial charge in [-0.1, -0.05) is 12.1 Å². The first-order valence-corrected chi connectivity index (χ1v) is 6.95. The number of hydrogen-bond donors (Lipinski definition) is 2. The Kier molecular flexibility index (Phi) is 3.71. The predicted octanol–water partition coefficient (Wildman–Crippen LogP) is 1.49. The fourth-order valence-corrected chi connectivity index (χ4v) is 2.73. The molecule has 1 aromatic heterocycles.